The van der Waals surface area contributed by atoms with Crippen molar-refractivity contribution in [3.8, 4) is 5.75 Å². The first-order valence-corrected chi connectivity index (χ1v) is 6.86. The molecule has 0 aliphatic heterocycles. The van der Waals surface area contributed by atoms with Crippen LogP contribution in [0.4, 0.5) is 5.69 Å². The van der Waals surface area contributed by atoms with Crippen LogP contribution in [0.2, 0.25) is 0 Å². The lowest BCUT2D eigenvalue weighted by Crippen LogP contribution is -2.18. The molecule has 0 N–H and O–H groups in total. The molecule has 0 amide bonds. The van der Waals surface area contributed by atoms with Gasteiger partial charge in [0.15, 0.2) is 11.7 Å². The molecule has 1 aromatic rings. The van der Waals surface area contributed by atoms with Gasteiger partial charge in [0, 0.05) is 12.7 Å². The highest BCUT2D eigenvalue weighted by Gasteiger charge is 2.12. The molecule has 0 saturated carbocycles. The lowest BCUT2D eigenvalue weighted by molar-refractivity contribution is -0.121. The Bertz CT molecular complexity index is 509. The van der Waals surface area contributed by atoms with Crippen LogP contribution >= 0.6 is 0 Å². The number of Topliss-reactive ketones (excluding diaryl/α,β-unsaturated/α-hetero) is 1. The molecule has 0 spiro atoms. The zero-order chi connectivity index (χ0) is 15.8. The summed E-state index contributed by atoms with van der Waals surface area (Å²) in [6.07, 6.45) is 0.0628. The Labute approximate surface area is 125 Å². The molecule has 21 heavy (non-hydrogen) atoms. The van der Waals surface area contributed by atoms with Crippen LogP contribution in [0.3, 0.4) is 0 Å². The number of benzene rings is 1. The highest BCUT2D eigenvalue weighted by Crippen LogP contribution is 2.27. The summed E-state index contributed by atoms with van der Waals surface area (Å²) in [5.41, 5.74) is 1.64. The molecule has 0 unspecified atom stereocenters. The van der Waals surface area contributed by atoms with E-state index in [-0.39, 0.29) is 24.9 Å². The van der Waals surface area contributed by atoms with E-state index in [0.29, 0.717) is 5.90 Å². The molecule has 0 atom stereocenters. The van der Waals surface area contributed by atoms with Crippen LogP contribution in [0.1, 0.15) is 25.8 Å². The molecule has 0 radical (unpaired) electrons. The van der Waals surface area contributed by atoms with Crippen molar-refractivity contribution in [1.29, 1.82) is 0 Å². The normalized spacial score (nSPS) is 11.6. The average Bonchev–Trinajstić information content (AvgIpc) is 2.40. The number of rotatable bonds is 7. The van der Waals surface area contributed by atoms with Crippen LogP contribution < -0.4 is 4.74 Å². The number of ether oxygens (including phenoxy) is 3. The predicted octanol–water partition coefficient (Wildman–Crippen LogP) is 3.06. The Hall–Kier alpha value is -1.88. The van der Waals surface area contributed by atoms with Crippen LogP contribution in [0.15, 0.2) is 23.2 Å². The van der Waals surface area contributed by atoms with Gasteiger partial charge in [0.2, 0.25) is 0 Å². The maximum atomic E-state index is 11.7. The van der Waals surface area contributed by atoms with Gasteiger partial charge in [0.25, 0.3) is 0 Å². The highest BCUT2D eigenvalue weighted by atomic mass is 16.5. The second-order valence-electron chi connectivity index (χ2n) is 4.93. The molecule has 1 rings (SSSR count). The van der Waals surface area contributed by atoms with Gasteiger partial charge in [-0.25, -0.2) is 4.99 Å². The molecule has 1 aromatic carbocycles. The number of nitrogens with zero attached hydrogens (tertiary/aromatic N) is 1. The van der Waals surface area contributed by atoms with Crippen molar-refractivity contribution in [2.24, 2.45) is 4.99 Å². The zero-order valence-electron chi connectivity index (χ0n) is 13.3. The van der Waals surface area contributed by atoms with E-state index in [0.717, 1.165) is 17.0 Å². The second-order valence-corrected chi connectivity index (χ2v) is 4.93. The molecule has 0 aliphatic carbocycles. The third-order valence-corrected chi connectivity index (χ3v) is 2.75. The fraction of sp³-hybridized carbons (Fsp3) is 0.500. The summed E-state index contributed by atoms with van der Waals surface area (Å²) in [7, 11) is 3.10. The molecule has 116 valence electrons. The largest absolute Gasteiger partial charge is 0.496 e. The van der Waals surface area contributed by atoms with Crippen LogP contribution in [-0.2, 0) is 14.3 Å². The van der Waals surface area contributed by atoms with Gasteiger partial charge < -0.3 is 14.2 Å². The Morgan fingerprint density at radius 2 is 2.00 bits per heavy atom. The molecule has 0 fully saturated rings. The van der Waals surface area contributed by atoms with Gasteiger partial charge in [-0.3, -0.25) is 4.79 Å². The summed E-state index contributed by atoms with van der Waals surface area (Å²) in [6.45, 7) is 5.77. The summed E-state index contributed by atoms with van der Waals surface area (Å²) in [4.78, 5) is 16.2. The number of hydrogen-bond acceptors (Lipinski definition) is 5. The number of aliphatic imine (C=N–C) groups is 1. The first-order valence-electron chi connectivity index (χ1n) is 6.86. The molecular weight excluding hydrogens is 270 g/mol. The Morgan fingerprint density at radius 3 is 2.57 bits per heavy atom. The fourth-order valence-corrected chi connectivity index (χ4v) is 1.84. The van der Waals surface area contributed by atoms with Crippen molar-refractivity contribution in [2.45, 2.75) is 33.3 Å². The van der Waals surface area contributed by atoms with Crippen molar-refractivity contribution in [3.05, 3.63) is 23.8 Å². The first-order chi connectivity index (χ1) is 9.97. The van der Waals surface area contributed by atoms with E-state index in [9.17, 15) is 4.79 Å². The SMILES string of the molecule is COCC(=O)CC(=Nc1cccc(OC)c1C)OC(C)C. The lowest BCUT2D eigenvalue weighted by atomic mass is 10.2. The second kappa shape index (κ2) is 8.42. The highest BCUT2D eigenvalue weighted by molar-refractivity contribution is 5.99. The van der Waals surface area contributed by atoms with Crippen LogP contribution in [0, 0.1) is 6.92 Å². The molecule has 0 aliphatic rings. The number of hydrogen-bond donors (Lipinski definition) is 0. The lowest BCUT2D eigenvalue weighted by Gasteiger charge is -2.13. The maximum absolute atomic E-state index is 11.7. The van der Waals surface area contributed by atoms with E-state index in [2.05, 4.69) is 4.99 Å². The van der Waals surface area contributed by atoms with Gasteiger partial charge in [-0.15, -0.1) is 0 Å². The van der Waals surface area contributed by atoms with E-state index in [1.165, 1.54) is 7.11 Å². The van der Waals surface area contributed by atoms with Crippen molar-refractivity contribution >= 4 is 17.4 Å². The molecule has 0 heterocycles. The van der Waals surface area contributed by atoms with Gasteiger partial charge in [-0.1, -0.05) is 6.07 Å². The van der Waals surface area contributed by atoms with Gasteiger partial charge in [0.05, 0.1) is 25.3 Å². The summed E-state index contributed by atoms with van der Waals surface area (Å²) in [5.74, 6) is 1.07. The third kappa shape index (κ3) is 5.55. The van der Waals surface area contributed by atoms with Crippen molar-refractivity contribution < 1.29 is 19.0 Å². The van der Waals surface area contributed by atoms with E-state index in [1.54, 1.807) is 7.11 Å². The monoisotopic (exact) mass is 293 g/mol. The van der Waals surface area contributed by atoms with Crippen LogP contribution in [-0.4, -0.2) is 38.6 Å². The van der Waals surface area contributed by atoms with Crippen LogP contribution in [0.5, 0.6) is 5.75 Å². The molecule has 5 nitrogen and oxygen atoms in total. The minimum Gasteiger partial charge on any atom is -0.496 e. The quantitative estimate of drug-likeness (QED) is 0.572. The fourth-order valence-electron chi connectivity index (χ4n) is 1.84. The molecule has 0 aromatic heterocycles. The zero-order valence-corrected chi connectivity index (χ0v) is 13.3. The summed E-state index contributed by atoms with van der Waals surface area (Å²) >= 11 is 0. The number of ketones is 1. The number of carbonyl (C=O) groups is 1. The van der Waals surface area contributed by atoms with E-state index < -0.39 is 0 Å². The third-order valence-electron chi connectivity index (χ3n) is 2.75. The number of carbonyl (C=O) groups excluding carboxylic acids is 1. The molecular formula is C16H23NO4. The van der Waals surface area contributed by atoms with Gasteiger partial charge >= 0.3 is 0 Å². The van der Waals surface area contributed by atoms with Gasteiger partial charge in [0.1, 0.15) is 12.4 Å². The topological polar surface area (TPSA) is 57.1 Å². The first kappa shape index (κ1) is 17.2. The van der Waals surface area contributed by atoms with E-state index >= 15 is 0 Å². The average molecular weight is 293 g/mol. The van der Waals surface area contributed by atoms with Crippen molar-refractivity contribution in [2.75, 3.05) is 20.8 Å². The standard InChI is InChI=1S/C16H23NO4/c1-11(2)21-16(9-13(18)10-19-4)17-14-7-6-8-15(20-5)12(14)3/h6-8,11H,9-10H2,1-5H3. The van der Waals surface area contributed by atoms with Crippen molar-refractivity contribution in [1.82, 2.24) is 0 Å². The Morgan fingerprint density at radius 1 is 1.29 bits per heavy atom. The van der Waals surface area contributed by atoms with Gasteiger partial charge in [-0.05, 0) is 32.9 Å². The number of methoxy groups -OCH3 is 2. The maximum Gasteiger partial charge on any atom is 0.196 e. The van der Waals surface area contributed by atoms with Gasteiger partial charge in [-0.2, -0.15) is 0 Å². The van der Waals surface area contributed by atoms with E-state index in [4.69, 9.17) is 14.2 Å². The minimum atomic E-state index is -0.0718. The van der Waals surface area contributed by atoms with Crippen molar-refractivity contribution in [3.63, 3.8) is 0 Å². The summed E-state index contributed by atoms with van der Waals surface area (Å²) < 4.78 is 15.7. The predicted molar refractivity (Wildman–Crippen MR) is 82.5 cm³/mol. The molecule has 0 bridgehead atoms. The van der Waals surface area contributed by atoms with Crippen LogP contribution in [0.25, 0.3) is 0 Å². The van der Waals surface area contributed by atoms with E-state index in [1.807, 2.05) is 39.0 Å². The minimum absolute atomic E-state index is 0.0509. The Kier molecular flexibility index (Phi) is 6.88. The molecule has 0 saturated heterocycles. The molecule has 5 heteroatoms. The summed E-state index contributed by atoms with van der Waals surface area (Å²) in [6, 6.07) is 5.59. The smallest absolute Gasteiger partial charge is 0.196 e. The summed E-state index contributed by atoms with van der Waals surface area (Å²) in [5, 5.41) is 0. The Balaban J connectivity index is 3.04.